The first kappa shape index (κ1) is 15.3. The van der Waals surface area contributed by atoms with Crippen LogP contribution in [-0.4, -0.2) is 25.6 Å². The van der Waals surface area contributed by atoms with E-state index in [1.54, 1.807) is 18.2 Å². The Kier molecular flexibility index (Phi) is 4.19. The molecule has 0 fully saturated rings. The lowest BCUT2D eigenvalue weighted by Crippen LogP contribution is -2.13. The Labute approximate surface area is 126 Å². The average Bonchev–Trinajstić information content (AvgIpc) is 2.40. The number of nitrogens with zero attached hydrogens (tertiary/aromatic N) is 1. The number of amides is 1. The Morgan fingerprint density at radius 1 is 1.14 bits per heavy atom. The molecule has 8 heteroatoms. The van der Waals surface area contributed by atoms with Gasteiger partial charge in [0.1, 0.15) is 10.7 Å². The molecule has 0 saturated heterocycles. The Morgan fingerprint density at radius 2 is 1.76 bits per heavy atom. The van der Waals surface area contributed by atoms with E-state index >= 15 is 0 Å². The summed E-state index contributed by atoms with van der Waals surface area (Å²) in [6.07, 6.45) is 1.14. The summed E-state index contributed by atoms with van der Waals surface area (Å²) in [5.41, 5.74) is 11.5. The number of carbonyl (C=O) groups excluding carboxylic acids is 1. The quantitative estimate of drug-likeness (QED) is 0.876. The molecule has 6 nitrogen and oxygen atoms in total. The lowest BCUT2D eigenvalue weighted by Gasteiger charge is -2.06. The lowest BCUT2D eigenvalue weighted by molar-refractivity contribution is 0.0995. The number of hydrogen-bond acceptors (Lipinski definition) is 6. The summed E-state index contributed by atoms with van der Waals surface area (Å²) in [6.45, 7) is 0. The van der Waals surface area contributed by atoms with Gasteiger partial charge in [-0.2, -0.15) is 0 Å². The minimum atomic E-state index is -3.23. The first-order chi connectivity index (χ1) is 9.77. The number of rotatable bonds is 4. The fraction of sp³-hybridized carbons (Fsp3) is 0.0769. The molecule has 1 amide bonds. The molecule has 1 aromatic carbocycles. The van der Waals surface area contributed by atoms with Gasteiger partial charge in [-0.05, 0) is 36.4 Å². The van der Waals surface area contributed by atoms with E-state index < -0.39 is 15.7 Å². The zero-order valence-electron chi connectivity index (χ0n) is 11.1. The van der Waals surface area contributed by atoms with Gasteiger partial charge in [0, 0.05) is 11.2 Å². The van der Waals surface area contributed by atoms with E-state index in [1.165, 1.54) is 30.0 Å². The Balaban J connectivity index is 2.30. The summed E-state index contributed by atoms with van der Waals surface area (Å²) in [6, 6.07) is 9.32. The Bertz CT molecular complexity index is 787. The van der Waals surface area contributed by atoms with Crippen molar-refractivity contribution in [3.05, 3.63) is 42.1 Å². The fourth-order valence-electron chi connectivity index (χ4n) is 1.54. The fourth-order valence-corrected chi connectivity index (χ4v) is 2.99. The van der Waals surface area contributed by atoms with Crippen molar-refractivity contribution in [2.45, 2.75) is 14.8 Å². The standard InChI is InChI=1S/C13H13N3O3S2/c1-21(18,19)9-4-2-8(3-5-9)20-13-10(14)6-7-11(16-13)12(15)17/h2-7H,14H2,1H3,(H2,15,17). The van der Waals surface area contributed by atoms with E-state index in [0.717, 1.165) is 11.2 Å². The topological polar surface area (TPSA) is 116 Å². The van der Waals surface area contributed by atoms with Gasteiger partial charge in [0.2, 0.25) is 0 Å². The van der Waals surface area contributed by atoms with Crippen LogP contribution in [0.1, 0.15) is 10.5 Å². The molecule has 0 bridgehead atoms. The molecular formula is C13H13N3O3S2. The van der Waals surface area contributed by atoms with Crippen LogP contribution >= 0.6 is 11.8 Å². The molecule has 4 N–H and O–H groups in total. The second-order valence-corrected chi connectivity index (χ2v) is 7.38. The van der Waals surface area contributed by atoms with E-state index in [-0.39, 0.29) is 10.6 Å². The highest BCUT2D eigenvalue weighted by atomic mass is 32.2. The molecule has 1 heterocycles. The van der Waals surface area contributed by atoms with E-state index in [0.29, 0.717) is 10.7 Å². The largest absolute Gasteiger partial charge is 0.397 e. The number of aromatic nitrogens is 1. The minimum absolute atomic E-state index is 0.124. The molecular weight excluding hydrogens is 310 g/mol. The highest BCUT2D eigenvalue weighted by molar-refractivity contribution is 7.99. The minimum Gasteiger partial charge on any atom is -0.397 e. The number of hydrogen-bond donors (Lipinski definition) is 2. The molecule has 0 aliphatic rings. The van der Waals surface area contributed by atoms with Gasteiger partial charge >= 0.3 is 0 Å². The number of carbonyl (C=O) groups is 1. The van der Waals surface area contributed by atoms with Crippen LogP contribution in [0.5, 0.6) is 0 Å². The lowest BCUT2D eigenvalue weighted by atomic mass is 10.3. The number of pyridine rings is 1. The van der Waals surface area contributed by atoms with Crippen LogP contribution in [0, 0.1) is 0 Å². The molecule has 110 valence electrons. The average molecular weight is 323 g/mol. The number of nitrogens with two attached hydrogens (primary N) is 2. The summed E-state index contributed by atoms with van der Waals surface area (Å²) in [7, 11) is -3.23. The highest BCUT2D eigenvalue weighted by Crippen LogP contribution is 2.31. The molecule has 21 heavy (non-hydrogen) atoms. The zero-order valence-corrected chi connectivity index (χ0v) is 12.7. The number of benzene rings is 1. The predicted octanol–water partition coefficient (Wildman–Crippen LogP) is 1.32. The predicted molar refractivity (Wildman–Crippen MR) is 80.8 cm³/mol. The molecule has 1 aromatic heterocycles. The molecule has 0 atom stereocenters. The van der Waals surface area contributed by atoms with Crippen molar-refractivity contribution in [1.82, 2.24) is 4.98 Å². The van der Waals surface area contributed by atoms with Crippen molar-refractivity contribution in [3.8, 4) is 0 Å². The van der Waals surface area contributed by atoms with Crippen molar-refractivity contribution >= 4 is 33.2 Å². The van der Waals surface area contributed by atoms with E-state index in [9.17, 15) is 13.2 Å². The summed E-state index contributed by atoms with van der Waals surface area (Å²) in [5, 5.41) is 0.443. The van der Waals surface area contributed by atoms with Crippen LogP contribution in [0.2, 0.25) is 0 Å². The van der Waals surface area contributed by atoms with Gasteiger partial charge in [0.25, 0.3) is 5.91 Å². The van der Waals surface area contributed by atoms with Gasteiger partial charge in [0.15, 0.2) is 9.84 Å². The van der Waals surface area contributed by atoms with Crippen LogP contribution in [-0.2, 0) is 9.84 Å². The maximum Gasteiger partial charge on any atom is 0.267 e. The second kappa shape index (κ2) is 5.74. The van der Waals surface area contributed by atoms with Gasteiger partial charge < -0.3 is 11.5 Å². The van der Waals surface area contributed by atoms with E-state index in [4.69, 9.17) is 11.5 Å². The monoisotopic (exact) mass is 323 g/mol. The second-order valence-electron chi connectivity index (χ2n) is 4.30. The summed E-state index contributed by atoms with van der Waals surface area (Å²) < 4.78 is 22.8. The number of primary amides is 1. The molecule has 0 unspecified atom stereocenters. The normalized spacial score (nSPS) is 11.3. The highest BCUT2D eigenvalue weighted by Gasteiger charge is 2.10. The van der Waals surface area contributed by atoms with Crippen molar-refractivity contribution in [3.63, 3.8) is 0 Å². The first-order valence-electron chi connectivity index (χ1n) is 5.81. The van der Waals surface area contributed by atoms with Crippen LogP contribution < -0.4 is 11.5 Å². The Hall–Kier alpha value is -2.06. The molecule has 0 aliphatic heterocycles. The smallest absolute Gasteiger partial charge is 0.267 e. The van der Waals surface area contributed by atoms with E-state index in [1.807, 2.05) is 0 Å². The zero-order chi connectivity index (χ0) is 15.6. The van der Waals surface area contributed by atoms with E-state index in [2.05, 4.69) is 4.98 Å². The van der Waals surface area contributed by atoms with Gasteiger partial charge in [-0.25, -0.2) is 13.4 Å². The van der Waals surface area contributed by atoms with Crippen molar-refractivity contribution < 1.29 is 13.2 Å². The van der Waals surface area contributed by atoms with Gasteiger partial charge in [-0.3, -0.25) is 4.79 Å². The maximum absolute atomic E-state index is 11.4. The maximum atomic E-state index is 11.4. The van der Waals surface area contributed by atoms with Gasteiger partial charge in [-0.1, -0.05) is 11.8 Å². The van der Waals surface area contributed by atoms with Gasteiger partial charge in [0.05, 0.1) is 10.6 Å². The number of sulfone groups is 1. The molecule has 2 aromatic rings. The number of nitrogen functional groups attached to an aromatic ring is 1. The third-order valence-electron chi connectivity index (χ3n) is 2.61. The summed E-state index contributed by atoms with van der Waals surface area (Å²) in [4.78, 5) is 16.2. The van der Waals surface area contributed by atoms with Crippen LogP contribution in [0.3, 0.4) is 0 Å². The van der Waals surface area contributed by atoms with Crippen molar-refractivity contribution in [2.24, 2.45) is 5.73 Å². The summed E-state index contributed by atoms with van der Waals surface area (Å²) >= 11 is 1.23. The third-order valence-corrected chi connectivity index (χ3v) is 4.77. The molecule has 0 spiro atoms. The molecule has 0 aliphatic carbocycles. The summed E-state index contributed by atoms with van der Waals surface area (Å²) in [5.74, 6) is -0.635. The molecule has 0 radical (unpaired) electrons. The SMILES string of the molecule is CS(=O)(=O)c1ccc(Sc2nc(C(N)=O)ccc2N)cc1. The Morgan fingerprint density at radius 3 is 2.29 bits per heavy atom. The van der Waals surface area contributed by atoms with Crippen LogP contribution in [0.15, 0.2) is 51.2 Å². The first-order valence-corrected chi connectivity index (χ1v) is 8.52. The van der Waals surface area contributed by atoms with Gasteiger partial charge in [-0.15, -0.1) is 0 Å². The molecule has 2 rings (SSSR count). The van der Waals surface area contributed by atoms with Crippen molar-refractivity contribution in [2.75, 3.05) is 12.0 Å². The molecule has 0 saturated carbocycles. The number of anilines is 1. The van der Waals surface area contributed by atoms with Crippen LogP contribution in [0.4, 0.5) is 5.69 Å². The third kappa shape index (κ3) is 3.73. The van der Waals surface area contributed by atoms with Crippen molar-refractivity contribution in [1.29, 1.82) is 0 Å². The van der Waals surface area contributed by atoms with Crippen LogP contribution in [0.25, 0.3) is 0 Å².